The highest BCUT2D eigenvalue weighted by Crippen LogP contribution is 2.17. The molecule has 120 valence electrons. The number of hydrogen-bond acceptors (Lipinski definition) is 3. The summed E-state index contributed by atoms with van der Waals surface area (Å²) in [4.78, 5) is 15.0. The predicted octanol–water partition coefficient (Wildman–Crippen LogP) is 4.27. The molecule has 0 atom stereocenters. The van der Waals surface area contributed by atoms with Crippen LogP contribution >= 0.6 is 0 Å². The lowest BCUT2D eigenvalue weighted by Gasteiger charge is -2.12. The topological polar surface area (TPSA) is 79.6 Å². The summed E-state index contributed by atoms with van der Waals surface area (Å²) in [6.07, 6.45) is 2.04. The van der Waals surface area contributed by atoms with Crippen molar-refractivity contribution in [3.8, 4) is 0 Å². The van der Waals surface area contributed by atoms with Crippen LogP contribution < -0.4 is 10.6 Å². The number of nitro groups is 1. The number of nitrogens with one attached hydrogen (secondary N) is 2. The number of anilines is 2. The molecule has 0 fully saturated rings. The van der Waals surface area contributed by atoms with Gasteiger partial charge in [-0.25, -0.2) is 0 Å². The Hall–Kier alpha value is -2.89. The number of aliphatic imine (C=N–C) groups is 1. The van der Waals surface area contributed by atoms with Crippen LogP contribution in [0.1, 0.15) is 19.8 Å². The maximum Gasteiger partial charge on any atom is 0.271 e. The molecular formula is C17H20N4O2. The van der Waals surface area contributed by atoms with Crippen molar-refractivity contribution in [2.75, 3.05) is 17.2 Å². The van der Waals surface area contributed by atoms with E-state index in [0.717, 1.165) is 18.5 Å². The van der Waals surface area contributed by atoms with Crippen molar-refractivity contribution in [3.63, 3.8) is 0 Å². The van der Waals surface area contributed by atoms with E-state index in [9.17, 15) is 10.1 Å². The molecular weight excluding hydrogens is 292 g/mol. The van der Waals surface area contributed by atoms with Crippen LogP contribution in [0.4, 0.5) is 17.1 Å². The Morgan fingerprint density at radius 2 is 1.78 bits per heavy atom. The standard InChI is InChI=1S/C17H20N4O2/c1-2-3-12-18-17(19-14-8-5-4-6-9-14)20-15-10-7-11-16(13-15)21(22)23/h4-11,13H,2-3,12H2,1H3,(H2,18,19,20). The molecule has 23 heavy (non-hydrogen) atoms. The van der Waals surface area contributed by atoms with Gasteiger partial charge in [0, 0.05) is 30.1 Å². The fourth-order valence-electron chi connectivity index (χ4n) is 1.95. The van der Waals surface area contributed by atoms with Crippen molar-refractivity contribution in [1.82, 2.24) is 0 Å². The van der Waals surface area contributed by atoms with Gasteiger partial charge in [0.25, 0.3) is 5.69 Å². The summed E-state index contributed by atoms with van der Waals surface area (Å²) in [6.45, 7) is 2.79. The second-order valence-corrected chi connectivity index (χ2v) is 5.01. The molecule has 0 unspecified atom stereocenters. The van der Waals surface area contributed by atoms with E-state index >= 15 is 0 Å². The fourth-order valence-corrected chi connectivity index (χ4v) is 1.95. The fraction of sp³-hybridized carbons (Fsp3) is 0.235. The molecule has 0 heterocycles. The molecule has 0 saturated carbocycles. The number of unbranched alkanes of at least 4 members (excludes halogenated alkanes) is 1. The first-order valence-corrected chi connectivity index (χ1v) is 7.57. The summed E-state index contributed by atoms with van der Waals surface area (Å²) in [5.41, 5.74) is 1.57. The molecule has 2 rings (SSSR count). The summed E-state index contributed by atoms with van der Waals surface area (Å²) < 4.78 is 0. The van der Waals surface area contributed by atoms with Crippen molar-refractivity contribution < 1.29 is 4.92 Å². The van der Waals surface area contributed by atoms with Crippen molar-refractivity contribution in [3.05, 3.63) is 64.7 Å². The summed E-state index contributed by atoms with van der Waals surface area (Å²) in [6, 6.07) is 16.0. The minimum absolute atomic E-state index is 0.0441. The molecule has 2 N–H and O–H groups in total. The average Bonchev–Trinajstić information content (AvgIpc) is 2.56. The Bertz CT molecular complexity index is 671. The van der Waals surface area contributed by atoms with Crippen molar-refractivity contribution in [1.29, 1.82) is 0 Å². The molecule has 2 aromatic carbocycles. The first-order chi connectivity index (χ1) is 11.2. The van der Waals surface area contributed by atoms with Crippen molar-refractivity contribution >= 4 is 23.0 Å². The van der Waals surface area contributed by atoms with Crippen LogP contribution in [0.2, 0.25) is 0 Å². The van der Waals surface area contributed by atoms with Gasteiger partial charge in [0.15, 0.2) is 5.96 Å². The lowest BCUT2D eigenvalue weighted by molar-refractivity contribution is -0.384. The van der Waals surface area contributed by atoms with Gasteiger partial charge in [0.05, 0.1) is 4.92 Å². The number of nitrogens with zero attached hydrogens (tertiary/aromatic N) is 2. The number of non-ortho nitro benzene ring substituents is 1. The normalized spacial score (nSPS) is 11.1. The molecule has 0 bridgehead atoms. The Labute approximate surface area is 135 Å². The summed E-state index contributed by atoms with van der Waals surface area (Å²) >= 11 is 0. The van der Waals surface area contributed by atoms with Gasteiger partial charge in [0.2, 0.25) is 0 Å². The van der Waals surface area contributed by atoms with E-state index in [1.165, 1.54) is 12.1 Å². The first-order valence-electron chi connectivity index (χ1n) is 7.57. The van der Waals surface area contributed by atoms with E-state index in [4.69, 9.17) is 0 Å². The minimum atomic E-state index is -0.413. The van der Waals surface area contributed by atoms with Crippen LogP contribution in [-0.4, -0.2) is 17.4 Å². The SMILES string of the molecule is CCCCN=C(Nc1ccccc1)Nc1cccc([N+](=O)[O-])c1. The first kappa shape index (κ1) is 16.5. The zero-order chi connectivity index (χ0) is 16.5. The van der Waals surface area contributed by atoms with Gasteiger partial charge < -0.3 is 10.6 Å². The molecule has 6 nitrogen and oxygen atoms in total. The lowest BCUT2D eigenvalue weighted by Crippen LogP contribution is -2.22. The number of rotatable bonds is 6. The maximum atomic E-state index is 10.9. The van der Waals surface area contributed by atoms with Crippen LogP contribution in [0.25, 0.3) is 0 Å². The van der Waals surface area contributed by atoms with Crippen molar-refractivity contribution in [2.24, 2.45) is 4.99 Å². The molecule has 0 radical (unpaired) electrons. The van der Waals surface area contributed by atoms with Crippen molar-refractivity contribution in [2.45, 2.75) is 19.8 Å². The Morgan fingerprint density at radius 1 is 1.09 bits per heavy atom. The zero-order valence-corrected chi connectivity index (χ0v) is 13.0. The number of guanidine groups is 1. The molecule has 0 aliphatic rings. The summed E-state index contributed by atoms with van der Waals surface area (Å²) in [5, 5.41) is 17.2. The molecule has 0 spiro atoms. The van der Waals surface area contributed by atoms with E-state index in [-0.39, 0.29) is 5.69 Å². The van der Waals surface area contributed by atoms with Gasteiger partial charge in [-0.15, -0.1) is 0 Å². The number of nitro benzene ring substituents is 1. The third-order valence-corrected chi connectivity index (χ3v) is 3.14. The third-order valence-electron chi connectivity index (χ3n) is 3.14. The molecule has 0 aliphatic heterocycles. The quantitative estimate of drug-likeness (QED) is 0.274. The molecule has 2 aromatic rings. The van der Waals surface area contributed by atoms with Gasteiger partial charge in [-0.05, 0) is 24.6 Å². The van der Waals surface area contributed by atoms with E-state index in [1.807, 2.05) is 30.3 Å². The van der Waals surface area contributed by atoms with Crippen LogP contribution in [0, 0.1) is 10.1 Å². The Morgan fingerprint density at radius 3 is 2.48 bits per heavy atom. The van der Waals surface area contributed by atoms with Crippen LogP contribution in [0.15, 0.2) is 59.6 Å². The zero-order valence-electron chi connectivity index (χ0n) is 13.0. The van der Waals surface area contributed by atoms with E-state index in [2.05, 4.69) is 22.5 Å². The highest BCUT2D eigenvalue weighted by molar-refractivity contribution is 6.03. The van der Waals surface area contributed by atoms with Gasteiger partial charge in [-0.2, -0.15) is 0 Å². The van der Waals surface area contributed by atoms with Gasteiger partial charge >= 0.3 is 0 Å². The number of para-hydroxylation sites is 1. The predicted molar refractivity (Wildman–Crippen MR) is 94.0 cm³/mol. The second-order valence-electron chi connectivity index (χ2n) is 5.01. The van der Waals surface area contributed by atoms with Gasteiger partial charge in [-0.1, -0.05) is 37.6 Å². The molecule has 0 aromatic heterocycles. The monoisotopic (exact) mass is 312 g/mol. The number of hydrogen-bond donors (Lipinski definition) is 2. The minimum Gasteiger partial charge on any atom is -0.326 e. The summed E-state index contributed by atoms with van der Waals surface area (Å²) in [5.74, 6) is 0.574. The largest absolute Gasteiger partial charge is 0.326 e. The maximum absolute atomic E-state index is 10.9. The van der Waals surface area contributed by atoms with Crippen LogP contribution in [-0.2, 0) is 0 Å². The van der Waals surface area contributed by atoms with Crippen LogP contribution in [0.5, 0.6) is 0 Å². The molecule has 0 aliphatic carbocycles. The highest BCUT2D eigenvalue weighted by Gasteiger charge is 2.07. The Kier molecular flexibility index (Phi) is 6.11. The van der Waals surface area contributed by atoms with E-state index < -0.39 is 4.92 Å². The highest BCUT2D eigenvalue weighted by atomic mass is 16.6. The Balaban J connectivity index is 2.15. The summed E-state index contributed by atoms with van der Waals surface area (Å²) in [7, 11) is 0. The smallest absolute Gasteiger partial charge is 0.271 e. The van der Waals surface area contributed by atoms with Crippen LogP contribution in [0.3, 0.4) is 0 Å². The van der Waals surface area contributed by atoms with Gasteiger partial charge in [0.1, 0.15) is 0 Å². The van der Waals surface area contributed by atoms with E-state index in [0.29, 0.717) is 18.2 Å². The molecule has 0 amide bonds. The lowest BCUT2D eigenvalue weighted by atomic mass is 10.3. The average molecular weight is 312 g/mol. The molecule has 6 heteroatoms. The second kappa shape index (κ2) is 8.53. The molecule has 0 saturated heterocycles. The van der Waals surface area contributed by atoms with E-state index in [1.54, 1.807) is 12.1 Å². The third kappa shape index (κ3) is 5.43. The number of benzene rings is 2. The van der Waals surface area contributed by atoms with Gasteiger partial charge in [-0.3, -0.25) is 15.1 Å².